The molecule has 0 atom stereocenters. The van der Waals surface area contributed by atoms with E-state index in [1.54, 1.807) is 11.3 Å². The number of nitrogens with one attached hydrogen (secondary N) is 1. The van der Waals surface area contributed by atoms with Gasteiger partial charge in [0, 0.05) is 41.9 Å². The van der Waals surface area contributed by atoms with E-state index >= 15 is 0 Å². The molecule has 1 aliphatic heterocycles. The Morgan fingerprint density at radius 2 is 1.96 bits per heavy atom. The van der Waals surface area contributed by atoms with Crippen molar-refractivity contribution in [3.05, 3.63) is 52.9 Å². The number of para-hydroxylation sites is 1. The molecule has 1 aliphatic rings. The van der Waals surface area contributed by atoms with Gasteiger partial charge in [0.05, 0.1) is 21.7 Å². The van der Waals surface area contributed by atoms with Crippen molar-refractivity contribution in [2.45, 2.75) is 19.8 Å². The van der Waals surface area contributed by atoms with Gasteiger partial charge in [0.1, 0.15) is 0 Å². The first-order valence-corrected chi connectivity index (χ1v) is 9.93. The van der Waals surface area contributed by atoms with Gasteiger partial charge in [-0.2, -0.15) is 5.10 Å². The minimum Gasteiger partial charge on any atom is -0.306 e. The van der Waals surface area contributed by atoms with Crippen molar-refractivity contribution >= 4 is 33.9 Å². The van der Waals surface area contributed by atoms with E-state index in [1.807, 2.05) is 30.3 Å². The molecule has 0 radical (unpaired) electrons. The van der Waals surface area contributed by atoms with Crippen LogP contribution in [0.5, 0.6) is 0 Å². The zero-order valence-electron chi connectivity index (χ0n) is 15.5. The van der Waals surface area contributed by atoms with Gasteiger partial charge in [-0.05, 0) is 38.2 Å². The van der Waals surface area contributed by atoms with Crippen molar-refractivity contribution in [3.8, 4) is 10.6 Å². The summed E-state index contributed by atoms with van der Waals surface area (Å²) in [7, 11) is 2.10. The smallest absolute Gasteiger partial charge is 0.272 e. The number of carbonyl (C=O) groups excluding carboxylic acids is 1. The SMILES string of the molecule is Cc1ccc(-c2cc(C(=O)NN=C3CCN(C)CC3)c3ccccc3n2)s1. The van der Waals surface area contributed by atoms with Gasteiger partial charge in [-0.3, -0.25) is 4.79 Å². The van der Waals surface area contributed by atoms with Crippen LogP contribution in [0, 0.1) is 6.92 Å². The summed E-state index contributed by atoms with van der Waals surface area (Å²) in [4.78, 5) is 22.2. The number of hydrogen-bond acceptors (Lipinski definition) is 5. The van der Waals surface area contributed by atoms with Gasteiger partial charge in [-0.1, -0.05) is 18.2 Å². The molecule has 0 saturated carbocycles. The fourth-order valence-corrected chi connectivity index (χ4v) is 4.07. The van der Waals surface area contributed by atoms with Crippen molar-refractivity contribution in [1.82, 2.24) is 15.3 Å². The second-order valence-electron chi connectivity index (χ2n) is 6.90. The minimum absolute atomic E-state index is 0.186. The lowest BCUT2D eigenvalue weighted by molar-refractivity contribution is 0.0956. The standard InChI is InChI=1S/C21H22N4OS/c1-14-7-8-20(27-14)19-13-17(16-5-3-4-6-18(16)22-19)21(26)24-23-15-9-11-25(2)12-10-15/h3-8,13H,9-12H2,1-2H3,(H,24,26). The summed E-state index contributed by atoms with van der Waals surface area (Å²) in [6.07, 6.45) is 1.79. The second-order valence-corrected chi connectivity index (χ2v) is 8.19. The van der Waals surface area contributed by atoms with Crippen LogP contribution in [0.3, 0.4) is 0 Å². The molecule has 1 saturated heterocycles. The van der Waals surface area contributed by atoms with Gasteiger partial charge < -0.3 is 4.90 Å². The van der Waals surface area contributed by atoms with Crippen LogP contribution < -0.4 is 5.43 Å². The molecule has 0 bridgehead atoms. The van der Waals surface area contributed by atoms with E-state index in [0.29, 0.717) is 5.56 Å². The number of aromatic nitrogens is 1. The molecular weight excluding hydrogens is 356 g/mol. The van der Waals surface area contributed by atoms with Crippen LogP contribution in [0.4, 0.5) is 0 Å². The van der Waals surface area contributed by atoms with Gasteiger partial charge in [0.15, 0.2) is 0 Å². The molecule has 4 rings (SSSR count). The summed E-state index contributed by atoms with van der Waals surface area (Å²) in [5.74, 6) is -0.186. The molecule has 3 aromatic rings. The number of hydrogen-bond donors (Lipinski definition) is 1. The number of thiophene rings is 1. The quantitative estimate of drug-likeness (QED) is 0.699. The Kier molecular flexibility index (Phi) is 5.01. The molecule has 3 heterocycles. The number of rotatable bonds is 3. The zero-order chi connectivity index (χ0) is 18.8. The first-order chi connectivity index (χ1) is 13.1. The molecule has 1 aromatic carbocycles. The van der Waals surface area contributed by atoms with Gasteiger partial charge in [-0.25, -0.2) is 10.4 Å². The van der Waals surface area contributed by atoms with Crippen LogP contribution in [-0.2, 0) is 0 Å². The number of aryl methyl sites for hydroxylation is 1. The molecule has 2 aromatic heterocycles. The summed E-state index contributed by atoms with van der Waals surface area (Å²) >= 11 is 1.68. The van der Waals surface area contributed by atoms with Crippen LogP contribution in [0.25, 0.3) is 21.5 Å². The number of pyridine rings is 1. The van der Waals surface area contributed by atoms with E-state index in [0.717, 1.165) is 53.1 Å². The number of carbonyl (C=O) groups is 1. The largest absolute Gasteiger partial charge is 0.306 e. The normalized spacial score (nSPS) is 15.1. The van der Waals surface area contributed by atoms with Crippen molar-refractivity contribution in [2.75, 3.05) is 20.1 Å². The van der Waals surface area contributed by atoms with E-state index in [1.165, 1.54) is 4.88 Å². The molecule has 5 nitrogen and oxygen atoms in total. The lowest BCUT2D eigenvalue weighted by Crippen LogP contribution is -2.32. The van der Waals surface area contributed by atoms with Crippen molar-refractivity contribution in [2.24, 2.45) is 5.10 Å². The predicted octanol–water partition coefficient (Wildman–Crippen LogP) is 4.08. The molecule has 0 aliphatic carbocycles. The van der Waals surface area contributed by atoms with Crippen LogP contribution in [-0.4, -0.2) is 41.6 Å². The monoisotopic (exact) mass is 378 g/mol. The fourth-order valence-electron chi connectivity index (χ4n) is 3.24. The Bertz CT molecular complexity index is 1010. The average Bonchev–Trinajstić information content (AvgIpc) is 3.13. The van der Waals surface area contributed by atoms with Gasteiger partial charge in [-0.15, -0.1) is 11.3 Å². The lowest BCUT2D eigenvalue weighted by Gasteiger charge is -2.22. The lowest BCUT2D eigenvalue weighted by atomic mass is 10.1. The Balaban J connectivity index is 1.67. The van der Waals surface area contributed by atoms with Gasteiger partial charge in [0.25, 0.3) is 5.91 Å². The van der Waals surface area contributed by atoms with Crippen molar-refractivity contribution < 1.29 is 4.79 Å². The second kappa shape index (κ2) is 7.58. The molecule has 0 unspecified atom stereocenters. The van der Waals surface area contributed by atoms with E-state index < -0.39 is 0 Å². The number of fused-ring (bicyclic) bond motifs is 1. The highest BCUT2D eigenvalue weighted by molar-refractivity contribution is 7.15. The molecule has 1 N–H and O–H groups in total. The highest BCUT2D eigenvalue weighted by Crippen LogP contribution is 2.29. The molecule has 27 heavy (non-hydrogen) atoms. The predicted molar refractivity (Wildman–Crippen MR) is 111 cm³/mol. The van der Waals surface area contributed by atoms with Crippen molar-refractivity contribution in [1.29, 1.82) is 0 Å². The summed E-state index contributed by atoms with van der Waals surface area (Å²) in [5, 5.41) is 5.22. The van der Waals surface area contributed by atoms with Crippen LogP contribution >= 0.6 is 11.3 Å². The molecule has 0 spiro atoms. The Hall–Kier alpha value is -2.57. The fraction of sp³-hybridized carbons (Fsp3) is 0.286. The molecule has 138 valence electrons. The number of nitrogens with zero attached hydrogens (tertiary/aromatic N) is 3. The third kappa shape index (κ3) is 3.91. The minimum atomic E-state index is -0.186. The summed E-state index contributed by atoms with van der Waals surface area (Å²) in [6, 6.07) is 13.7. The zero-order valence-corrected chi connectivity index (χ0v) is 16.3. The summed E-state index contributed by atoms with van der Waals surface area (Å²) in [6.45, 7) is 4.03. The third-order valence-electron chi connectivity index (χ3n) is 4.83. The Labute approximate surface area is 162 Å². The summed E-state index contributed by atoms with van der Waals surface area (Å²) < 4.78 is 0. The number of likely N-dealkylation sites (tertiary alicyclic amines) is 1. The third-order valence-corrected chi connectivity index (χ3v) is 5.86. The van der Waals surface area contributed by atoms with E-state index in [4.69, 9.17) is 4.98 Å². The highest BCUT2D eigenvalue weighted by atomic mass is 32.1. The number of hydrazone groups is 1. The number of benzene rings is 1. The average molecular weight is 379 g/mol. The topological polar surface area (TPSA) is 57.6 Å². The maximum absolute atomic E-state index is 12.9. The highest BCUT2D eigenvalue weighted by Gasteiger charge is 2.16. The van der Waals surface area contributed by atoms with E-state index in [9.17, 15) is 4.79 Å². The first kappa shape index (κ1) is 17.8. The van der Waals surface area contributed by atoms with Crippen LogP contribution in [0.1, 0.15) is 28.1 Å². The maximum atomic E-state index is 12.9. The Morgan fingerprint density at radius 1 is 1.19 bits per heavy atom. The molecule has 6 heteroatoms. The Morgan fingerprint density at radius 3 is 2.70 bits per heavy atom. The van der Waals surface area contributed by atoms with Crippen LogP contribution in [0.15, 0.2) is 47.6 Å². The van der Waals surface area contributed by atoms with E-state index in [2.05, 4.69) is 41.5 Å². The van der Waals surface area contributed by atoms with E-state index in [-0.39, 0.29) is 5.91 Å². The molecule has 1 fully saturated rings. The maximum Gasteiger partial charge on any atom is 0.272 e. The molecule has 1 amide bonds. The molecular formula is C21H22N4OS. The van der Waals surface area contributed by atoms with Crippen LogP contribution in [0.2, 0.25) is 0 Å². The van der Waals surface area contributed by atoms with Crippen molar-refractivity contribution in [3.63, 3.8) is 0 Å². The van der Waals surface area contributed by atoms with Gasteiger partial charge in [0.2, 0.25) is 0 Å². The van der Waals surface area contributed by atoms with Gasteiger partial charge >= 0.3 is 0 Å². The number of piperidine rings is 1. The number of amides is 1. The first-order valence-electron chi connectivity index (χ1n) is 9.11. The summed E-state index contributed by atoms with van der Waals surface area (Å²) in [5.41, 5.74) is 6.07.